The number of hydrogen-bond donors (Lipinski definition) is 0. The third-order valence-corrected chi connectivity index (χ3v) is 7.00. The smallest absolute Gasteiger partial charge is 0.246 e. The lowest BCUT2D eigenvalue weighted by molar-refractivity contribution is -0.128. The van der Waals surface area contributed by atoms with Gasteiger partial charge >= 0.3 is 0 Å². The minimum atomic E-state index is -3.49. The molecule has 6 nitrogen and oxygen atoms in total. The first-order valence-corrected chi connectivity index (χ1v) is 10.9. The highest BCUT2D eigenvalue weighted by atomic mass is 32.2. The van der Waals surface area contributed by atoms with Crippen LogP contribution in [0.3, 0.4) is 0 Å². The third-order valence-electron chi connectivity index (χ3n) is 5.09. The van der Waals surface area contributed by atoms with Gasteiger partial charge in [-0.25, -0.2) is 8.42 Å². The number of ether oxygens (including phenoxy) is 1. The van der Waals surface area contributed by atoms with E-state index in [2.05, 4.69) is 13.8 Å². The predicted octanol–water partition coefficient (Wildman–Crippen LogP) is 2.23. The van der Waals surface area contributed by atoms with Gasteiger partial charge in [0.2, 0.25) is 15.9 Å². The van der Waals surface area contributed by atoms with Gasteiger partial charge in [-0.3, -0.25) is 4.79 Å². The van der Waals surface area contributed by atoms with Gasteiger partial charge < -0.3 is 9.64 Å². The molecule has 2 fully saturated rings. The maximum Gasteiger partial charge on any atom is 0.246 e. The van der Waals surface area contributed by atoms with Gasteiger partial charge in [0.1, 0.15) is 0 Å². The van der Waals surface area contributed by atoms with Crippen molar-refractivity contribution in [3.63, 3.8) is 0 Å². The number of rotatable bonds is 4. The molecule has 2 aliphatic rings. The Morgan fingerprint density at radius 3 is 2.26 bits per heavy atom. The SMILES string of the molecule is CC1CC(C)CN(C(=O)C=Cc2ccc(S(=O)(=O)N3CCOCC3)cc2)C1. The van der Waals surface area contributed by atoms with Crippen molar-refractivity contribution in [1.29, 1.82) is 0 Å². The molecule has 2 atom stereocenters. The molecule has 148 valence electrons. The molecule has 2 heterocycles. The molecule has 0 aromatic heterocycles. The average Bonchev–Trinajstić information content (AvgIpc) is 2.66. The number of piperidine rings is 1. The van der Waals surface area contributed by atoms with Crippen LogP contribution in [0.1, 0.15) is 25.8 Å². The molecule has 0 bridgehead atoms. The van der Waals surface area contributed by atoms with Gasteiger partial charge in [-0.15, -0.1) is 0 Å². The van der Waals surface area contributed by atoms with E-state index >= 15 is 0 Å². The van der Waals surface area contributed by atoms with Crippen molar-refractivity contribution in [3.05, 3.63) is 35.9 Å². The monoisotopic (exact) mass is 392 g/mol. The van der Waals surface area contributed by atoms with Crippen molar-refractivity contribution in [2.75, 3.05) is 39.4 Å². The van der Waals surface area contributed by atoms with Gasteiger partial charge in [0, 0.05) is 32.3 Å². The number of carbonyl (C=O) groups is 1. The molecular weight excluding hydrogens is 364 g/mol. The summed E-state index contributed by atoms with van der Waals surface area (Å²) in [6.45, 7) is 7.55. The van der Waals surface area contributed by atoms with Crippen LogP contribution in [0.15, 0.2) is 35.2 Å². The van der Waals surface area contributed by atoms with E-state index in [1.807, 2.05) is 4.90 Å². The Morgan fingerprint density at radius 2 is 1.67 bits per heavy atom. The van der Waals surface area contributed by atoms with Crippen LogP contribution in [0.4, 0.5) is 0 Å². The molecule has 0 saturated carbocycles. The first-order chi connectivity index (χ1) is 12.9. The number of hydrogen-bond acceptors (Lipinski definition) is 4. The standard InChI is InChI=1S/C20H28N2O4S/c1-16-13-17(2)15-21(14-16)20(23)8-5-18-3-6-19(7-4-18)27(24,25)22-9-11-26-12-10-22/h3-8,16-17H,9-15H2,1-2H3. The average molecular weight is 393 g/mol. The second-order valence-electron chi connectivity index (χ2n) is 7.61. The van der Waals surface area contributed by atoms with Crippen LogP contribution in [0.2, 0.25) is 0 Å². The molecule has 2 saturated heterocycles. The first-order valence-electron chi connectivity index (χ1n) is 9.51. The largest absolute Gasteiger partial charge is 0.379 e. The number of morpholine rings is 1. The fourth-order valence-electron chi connectivity index (χ4n) is 3.80. The van der Waals surface area contributed by atoms with Gasteiger partial charge in [0.25, 0.3) is 0 Å². The summed E-state index contributed by atoms with van der Waals surface area (Å²) in [5.41, 5.74) is 0.808. The molecule has 7 heteroatoms. The van der Waals surface area contributed by atoms with E-state index in [1.54, 1.807) is 36.4 Å². The first kappa shape index (κ1) is 20.0. The molecule has 1 aromatic carbocycles. The zero-order valence-corrected chi connectivity index (χ0v) is 16.8. The molecule has 1 aromatic rings. The minimum Gasteiger partial charge on any atom is -0.379 e. The molecule has 1 amide bonds. The van der Waals surface area contributed by atoms with Gasteiger partial charge in [0.15, 0.2) is 0 Å². The van der Waals surface area contributed by atoms with E-state index in [0.29, 0.717) is 38.1 Å². The van der Waals surface area contributed by atoms with Gasteiger partial charge in [-0.05, 0) is 42.0 Å². The fraction of sp³-hybridized carbons (Fsp3) is 0.550. The quantitative estimate of drug-likeness (QED) is 0.737. The Balaban J connectivity index is 1.65. The van der Waals surface area contributed by atoms with Crippen LogP contribution in [-0.2, 0) is 19.6 Å². The molecule has 27 heavy (non-hydrogen) atoms. The highest BCUT2D eigenvalue weighted by Gasteiger charge is 2.26. The molecule has 2 unspecified atom stereocenters. The van der Waals surface area contributed by atoms with Crippen molar-refractivity contribution in [2.24, 2.45) is 11.8 Å². The Hall–Kier alpha value is -1.70. The van der Waals surface area contributed by atoms with Crippen LogP contribution >= 0.6 is 0 Å². The van der Waals surface area contributed by atoms with Crippen molar-refractivity contribution >= 4 is 22.0 Å². The van der Waals surface area contributed by atoms with Crippen molar-refractivity contribution in [1.82, 2.24) is 9.21 Å². The summed E-state index contributed by atoms with van der Waals surface area (Å²) in [7, 11) is -3.49. The maximum absolute atomic E-state index is 12.6. The summed E-state index contributed by atoms with van der Waals surface area (Å²) in [6.07, 6.45) is 4.49. The van der Waals surface area contributed by atoms with Crippen molar-refractivity contribution in [3.8, 4) is 0 Å². The van der Waals surface area contributed by atoms with E-state index in [4.69, 9.17) is 4.74 Å². The number of carbonyl (C=O) groups excluding carboxylic acids is 1. The molecule has 0 N–H and O–H groups in total. The molecule has 0 spiro atoms. The highest BCUT2D eigenvalue weighted by Crippen LogP contribution is 2.22. The number of sulfonamides is 1. The minimum absolute atomic E-state index is 0.0124. The fourth-order valence-corrected chi connectivity index (χ4v) is 5.21. The molecule has 2 aliphatic heterocycles. The lowest BCUT2D eigenvalue weighted by Crippen LogP contribution is -2.41. The predicted molar refractivity (Wildman–Crippen MR) is 105 cm³/mol. The maximum atomic E-state index is 12.6. The van der Waals surface area contributed by atoms with E-state index in [0.717, 1.165) is 25.1 Å². The third kappa shape index (κ3) is 4.97. The Labute approximate surface area is 161 Å². The normalized spacial score (nSPS) is 25.0. The van der Waals surface area contributed by atoms with Crippen LogP contribution in [0.5, 0.6) is 0 Å². The number of nitrogens with zero attached hydrogens (tertiary/aromatic N) is 2. The van der Waals surface area contributed by atoms with E-state index in [9.17, 15) is 13.2 Å². The Morgan fingerprint density at radius 1 is 1.07 bits per heavy atom. The van der Waals surface area contributed by atoms with Crippen molar-refractivity contribution < 1.29 is 17.9 Å². The van der Waals surface area contributed by atoms with Crippen LogP contribution in [-0.4, -0.2) is 62.9 Å². The van der Waals surface area contributed by atoms with Gasteiger partial charge in [-0.1, -0.05) is 26.0 Å². The molecular formula is C20H28N2O4S. The number of amides is 1. The van der Waals surface area contributed by atoms with Crippen LogP contribution < -0.4 is 0 Å². The number of likely N-dealkylation sites (tertiary alicyclic amines) is 1. The second-order valence-corrected chi connectivity index (χ2v) is 9.55. The molecule has 0 aliphatic carbocycles. The summed E-state index contributed by atoms with van der Waals surface area (Å²) in [6, 6.07) is 6.66. The summed E-state index contributed by atoms with van der Waals surface area (Å²) in [5, 5.41) is 0. The zero-order valence-electron chi connectivity index (χ0n) is 16.0. The second kappa shape index (κ2) is 8.54. The zero-order chi connectivity index (χ0) is 19.4. The highest BCUT2D eigenvalue weighted by molar-refractivity contribution is 7.89. The summed E-state index contributed by atoms with van der Waals surface area (Å²) >= 11 is 0. The lowest BCUT2D eigenvalue weighted by atomic mass is 9.92. The van der Waals surface area contributed by atoms with E-state index in [1.165, 1.54) is 4.31 Å². The lowest BCUT2D eigenvalue weighted by Gasteiger charge is -2.34. The van der Waals surface area contributed by atoms with E-state index in [-0.39, 0.29) is 10.8 Å². The van der Waals surface area contributed by atoms with Crippen LogP contribution in [0.25, 0.3) is 6.08 Å². The summed E-state index contributed by atoms with van der Waals surface area (Å²) in [5.74, 6) is 1.06. The molecule has 0 radical (unpaired) electrons. The molecule has 3 rings (SSSR count). The summed E-state index contributed by atoms with van der Waals surface area (Å²) < 4.78 is 31.9. The summed E-state index contributed by atoms with van der Waals surface area (Å²) in [4.78, 5) is 14.6. The van der Waals surface area contributed by atoms with Crippen LogP contribution in [0, 0.1) is 11.8 Å². The van der Waals surface area contributed by atoms with Gasteiger partial charge in [-0.2, -0.15) is 4.31 Å². The van der Waals surface area contributed by atoms with Gasteiger partial charge in [0.05, 0.1) is 18.1 Å². The topological polar surface area (TPSA) is 66.9 Å². The number of benzene rings is 1. The van der Waals surface area contributed by atoms with E-state index < -0.39 is 10.0 Å². The van der Waals surface area contributed by atoms with Crippen molar-refractivity contribution in [2.45, 2.75) is 25.2 Å². The Kier molecular flexibility index (Phi) is 6.34. The Bertz CT molecular complexity index is 773.